The van der Waals surface area contributed by atoms with E-state index in [0.717, 1.165) is 39.3 Å². The summed E-state index contributed by atoms with van der Waals surface area (Å²) in [5.41, 5.74) is 10.6. The van der Waals surface area contributed by atoms with Gasteiger partial charge < -0.3 is 27.4 Å². The van der Waals surface area contributed by atoms with Gasteiger partial charge in [0.25, 0.3) is 0 Å². The summed E-state index contributed by atoms with van der Waals surface area (Å²) >= 11 is 0. The van der Waals surface area contributed by atoms with Gasteiger partial charge in [-0.25, -0.2) is 0 Å². The van der Waals surface area contributed by atoms with Crippen molar-refractivity contribution in [3.63, 3.8) is 0 Å². The van der Waals surface area contributed by atoms with Crippen LogP contribution in [0.15, 0.2) is 0 Å². The van der Waals surface area contributed by atoms with Gasteiger partial charge in [-0.05, 0) is 0 Å². The van der Waals surface area contributed by atoms with E-state index < -0.39 is 0 Å². The van der Waals surface area contributed by atoms with E-state index in [0.29, 0.717) is 13.1 Å². The minimum atomic E-state index is 0. The molecule has 0 aromatic heterocycles. The zero-order valence-electron chi connectivity index (χ0n) is 9.02. The predicted octanol–water partition coefficient (Wildman–Crippen LogP) is -2.33. The maximum Gasteiger partial charge on any atom is 0.00772 e. The topological polar surface area (TPSA) is 88.1 Å². The molecule has 0 fully saturated rings. The third-order valence-electron chi connectivity index (χ3n) is 1.60. The average molecular weight is 255 g/mol. The summed E-state index contributed by atoms with van der Waals surface area (Å²) in [6.07, 6.45) is 0. The molecule has 0 spiro atoms. The molecule has 0 rings (SSSR count). The van der Waals surface area contributed by atoms with Crippen LogP contribution in [0.25, 0.3) is 0 Å². The summed E-state index contributed by atoms with van der Waals surface area (Å²) in [5.74, 6) is 0. The van der Waals surface area contributed by atoms with Crippen molar-refractivity contribution in [2.75, 3.05) is 52.4 Å². The first-order valence-electron chi connectivity index (χ1n) is 4.94. The van der Waals surface area contributed by atoms with Gasteiger partial charge in [-0.1, -0.05) is 0 Å². The number of hydrogen-bond donors (Lipinski definition) is 5. The van der Waals surface area contributed by atoms with Crippen molar-refractivity contribution in [3.05, 3.63) is 0 Å². The molecule has 0 radical (unpaired) electrons. The SMILES string of the molecule is NCCNCCNCCNCCN.[Zn]. The fourth-order valence-corrected chi connectivity index (χ4v) is 0.933. The molecule has 6 heteroatoms. The van der Waals surface area contributed by atoms with Gasteiger partial charge in [0.15, 0.2) is 0 Å². The third kappa shape index (κ3) is 14.9. The molecule has 7 N–H and O–H groups in total. The predicted molar refractivity (Wildman–Crippen MR) is 56.7 cm³/mol. The fraction of sp³-hybridized carbons (Fsp3) is 1.00. The molecule has 0 bridgehead atoms. The summed E-state index contributed by atoms with van der Waals surface area (Å²) < 4.78 is 0. The van der Waals surface area contributed by atoms with Crippen LogP contribution in [0.4, 0.5) is 0 Å². The Morgan fingerprint density at radius 3 is 1.14 bits per heavy atom. The number of nitrogens with one attached hydrogen (secondary N) is 3. The van der Waals surface area contributed by atoms with Crippen molar-refractivity contribution in [2.24, 2.45) is 11.5 Å². The van der Waals surface area contributed by atoms with Crippen molar-refractivity contribution < 1.29 is 19.5 Å². The van der Waals surface area contributed by atoms with Crippen LogP contribution in [-0.2, 0) is 19.5 Å². The zero-order chi connectivity index (χ0) is 9.78. The van der Waals surface area contributed by atoms with Gasteiger partial charge in [0, 0.05) is 71.8 Å². The van der Waals surface area contributed by atoms with Gasteiger partial charge in [-0.3, -0.25) is 0 Å². The van der Waals surface area contributed by atoms with Gasteiger partial charge in [0.05, 0.1) is 0 Å². The zero-order valence-corrected chi connectivity index (χ0v) is 12.0. The van der Waals surface area contributed by atoms with Crippen molar-refractivity contribution in [1.82, 2.24) is 16.0 Å². The van der Waals surface area contributed by atoms with Crippen molar-refractivity contribution >= 4 is 0 Å². The first-order valence-corrected chi connectivity index (χ1v) is 4.94. The quantitative estimate of drug-likeness (QED) is 0.223. The van der Waals surface area contributed by atoms with E-state index in [1.807, 2.05) is 0 Å². The first-order chi connectivity index (χ1) is 6.41. The summed E-state index contributed by atoms with van der Waals surface area (Å²) in [6, 6.07) is 0. The fourth-order valence-electron chi connectivity index (χ4n) is 0.933. The maximum atomic E-state index is 5.32. The second-order valence-electron chi connectivity index (χ2n) is 2.83. The molecule has 0 aliphatic rings. The molecule has 14 heavy (non-hydrogen) atoms. The van der Waals surface area contributed by atoms with Gasteiger partial charge in [-0.2, -0.15) is 0 Å². The van der Waals surface area contributed by atoms with Gasteiger partial charge >= 0.3 is 0 Å². The molecule has 0 heterocycles. The number of rotatable bonds is 10. The minimum Gasteiger partial charge on any atom is -0.329 e. The van der Waals surface area contributed by atoms with Crippen LogP contribution in [0, 0.1) is 0 Å². The Balaban J connectivity index is 0. The van der Waals surface area contributed by atoms with Gasteiger partial charge in [0.2, 0.25) is 0 Å². The van der Waals surface area contributed by atoms with Crippen LogP contribution in [0.2, 0.25) is 0 Å². The second-order valence-corrected chi connectivity index (χ2v) is 2.83. The Morgan fingerprint density at radius 2 is 0.857 bits per heavy atom. The number of hydrogen-bond acceptors (Lipinski definition) is 5. The van der Waals surface area contributed by atoms with Crippen LogP contribution < -0.4 is 27.4 Å². The summed E-state index contributed by atoms with van der Waals surface area (Å²) in [6.45, 7) is 7.15. The van der Waals surface area contributed by atoms with Crippen LogP contribution >= 0.6 is 0 Å². The molecule has 0 amide bonds. The van der Waals surface area contributed by atoms with E-state index in [1.165, 1.54) is 0 Å². The summed E-state index contributed by atoms with van der Waals surface area (Å²) in [7, 11) is 0. The van der Waals surface area contributed by atoms with E-state index in [1.54, 1.807) is 0 Å². The molecule has 0 aliphatic heterocycles. The third-order valence-corrected chi connectivity index (χ3v) is 1.60. The van der Waals surface area contributed by atoms with Gasteiger partial charge in [0.1, 0.15) is 0 Å². The molecule has 0 aliphatic carbocycles. The van der Waals surface area contributed by atoms with Crippen LogP contribution in [0.3, 0.4) is 0 Å². The molecular weight excluding hydrogens is 232 g/mol. The van der Waals surface area contributed by atoms with Gasteiger partial charge in [-0.15, -0.1) is 0 Å². The molecule has 5 nitrogen and oxygen atoms in total. The van der Waals surface area contributed by atoms with Crippen molar-refractivity contribution in [2.45, 2.75) is 0 Å². The van der Waals surface area contributed by atoms with E-state index in [2.05, 4.69) is 16.0 Å². The Bertz CT molecular complexity index is 83.8. The molecule has 0 saturated carbocycles. The largest absolute Gasteiger partial charge is 0.329 e. The Kier molecular flexibility index (Phi) is 19.1. The standard InChI is InChI=1S/C8H23N5.Zn/c9-1-3-11-5-7-13-8-6-12-4-2-10;/h11-13H,1-10H2;. The molecule has 0 unspecified atom stereocenters. The monoisotopic (exact) mass is 253 g/mol. The molecule has 0 aromatic rings. The van der Waals surface area contributed by atoms with E-state index in [9.17, 15) is 0 Å². The second kappa shape index (κ2) is 15.9. The maximum absolute atomic E-state index is 5.32. The molecule has 0 atom stereocenters. The van der Waals surface area contributed by atoms with E-state index >= 15 is 0 Å². The number of nitrogens with two attached hydrogens (primary N) is 2. The van der Waals surface area contributed by atoms with Crippen molar-refractivity contribution in [3.8, 4) is 0 Å². The van der Waals surface area contributed by atoms with Crippen LogP contribution in [-0.4, -0.2) is 52.4 Å². The Labute approximate surface area is 99.5 Å². The molecule has 0 aromatic carbocycles. The summed E-state index contributed by atoms with van der Waals surface area (Å²) in [5, 5.41) is 9.71. The average Bonchev–Trinajstić information content (AvgIpc) is 2.16. The van der Waals surface area contributed by atoms with Crippen LogP contribution in [0.1, 0.15) is 0 Å². The van der Waals surface area contributed by atoms with Crippen molar-refractivity contribution in [1.29, 1.82) is 0 Å². The molecule has 0 saturated heterocycles. The molecule has 82 valence electrons. The smallest absolute Gasteiger partial charge is 0.00772 e. The van der Waals surface area contributed by atoms with E-state index in [-0.39, 0.29) is 19.5 Å². The Morgan fingerprint density at radius 1 is 0.571 bits per heavy atom. The Hall–Kier alpha value is 0.423. The summed E-state index contributed by atoms with van der Waals surface area (Å²) in [4.78, 5) is 0. The van der Waals surface area contributed by atoms with E-state index in [4.69, 9.17) is 11.5 Å². The van der Waals surface area contributed by atoms with Crippen LogP contribution in [0.5, 0.6) is 0 Å². The normalized spacial score (nSPS) is 9.86. The molecular formula is C8H23N5Zn. The first kappa shape index (κ1) is 16.8. The minimum absolute atomic E-state index is 0.